The van der Waals surface area contributed by atoms with Crippen molar-refractivity contribution in [2.75, 3.05) is 19.6 Å². The van der Waals surface area contributed by atoms with Gasteiger partial charge in [-0.2, -0.15) is 5.10 Å². The first-order valence-corrected chi connectivity index (χ1v) is 7.14. The van der Waals surface area contributed by atoms with Crippen LogP contribution in [-0.4, -0.2) is 51.2 Å². The van der Waals surface area contributed by atoms with Crippen molar-refractivity contribution in [3.05, 3.63) is 12.7 Å². The molecule has 0 radical (unpaired) electrons. The zero-order chi connectivity index (χ0) is 13.5. The van der Waals surface area contributed by atoms with E-state index in [4.69, 9.17) is 0 Å². The highest BCUT2D eigenvalue weighted by Crippen LogP contribution is 2.14. The van der Waals surface area contributed by atoms with E-state index in [1.807, 2.05) is 0 Å². The number of rotatable bonds is 6. The summed E-state index contributed by atoms with van der Waals surface area (Å²) in [5.41, 5.74) is 0. The number of nitrogens with zero attached hydrogens (tertiary/aromatic N) is 4. The minimum atomic E-state index is 0. The maximum Gasteiger partial charge on any atom is 0.224 e. The SMILES string of the molecule is CCCN(C(=O)CCn1cncn1)C1CCNCC1.Cl. The molecule has 1 aromatic rings. The van der Waals surface area contributed by atoms with Gasteiger partial charge in [0.05, 0.1) is 6.54 Å². The maximum absolute atomic E-state index is 12.4. The number of amides is 1. The molecule has 7 heteroatoms. The lowest BCUT2D eigenvalue weighted by molar-refractivity contribution is -0.134. The van der Waals surface area contributed by atoms with Crippen LogP contribution < -0.4 is 5.32 Å². The Bertz CT molecular complexity index is 378. The summed E-state index contributed by atoms with van der Waals surface area (Å²) in [7, 11) is 0. The van der Waals surface area contributed by atoms with Crippen LogP contribution in [0.5, 0.6) is 0 Å². The second kappa shape index (κ2) is 8.92. The monoisotopic (exact) mass is 301 g/mol. The standard InChI is InChI=1S/C13H23N5O.ClH/c1-2-8-18(12-3-6-14-7-4-12)13(19)5-9-17-11-15-10-16-17;/h10-12,14H,2-9H2,1H3;1H. The smallest absolute Gasteiger partial charge is 0.224 e. The highest BCUT2D eigenvalue weighted by atomic mass is 35.5. The fourth-order valence-corrected chi connectivity index (χ4v) is 2.57. The van der Waals surface area contributed by atoms with E-state index in [2.05, 4.69) is 27.2 Å². The number of carbonyl (C=O) groups excluding carboxylic acids is 1. The number of nitrogens with one attached hydrogen (secondary N) is 1. The van der Waals surface area contributed by atoms with Gasteiger partial charge in [-0.15, -0.1) is 12.4 Å². The van der Waals surface area contributed by atoms with Gasteiger partial charge >= 0.3 is 0 Å². The van der Waals surface area contributed by atoms with Crippen LogP contribution >= 0.6 is 12.4 Å². The van der Waals surface area contributed by atoms with Gasteiger partial charge in [-0.05, 0) is 32.4 Å². The Labute approximate surface area is 126 Å². The number of hydrogen-bond donors (Lipinski definition) is 1. The van der Waals surface area contributed by atoms with Gasteiger partial charge in [0.2, 0.25) is 5.91 Å². The van der Waals surface area contributed by atoms with Crippen LogP contribution in [0.3, 0.4) is 0 Å². The molecule has 0 unspecified atom stereocenters. The van der Waals surface area contributed by atoms with E-state index in [0.717, 1.165) is 38.9 Å². The van der Waals surface area contributed by atoms with Crippen LogP contribution in [0.15, 0.2) is 12.7 Å². The summed E-state index contributed by atoms with van der Waals surface area (Å²) in [6, 6.07) is 0.407. The van der Waals surface area contributed by atoms with Gasteiger partial charge < -0.3 is 10.2 Å². The Balaban J connectivity index is 0.00000200. The Hall–Kier alpha value is -1.14. The first kappa shape index (κ1) is 16.9. The summed E-state index contributed by atoms with van der Waals surface area (Å²) in [4.78, 5) is 18.3. The Kier molecular flexibility index (Phi) is 7.54. The zero-order valence-corrected chi connectivity index (χ0v) is 12.8. The Morgan fingerprint density at radius 2 is 2.20 bits per heavy atom. The summed E-state index contributed by atoms with van der Waals surface area (Å²) in [6.45, 7) is 5.63. The van der Waals surface area contributed by atoms with Crippen molar-refractivity contribution in [3.63, 3.8) is 0 Å². The van der Waals surface area contributed by atoms with E-state index in [-0.39, 0.29) is 18.3 Å². The highest BCUT2D eigenvalue weighted by Gasteiger charge is 2.24. The summed E-state index contributed by atoms with van der Waals surface area (Å²) < 4.78 is 1.71. The third-order valence-electron chi connectivity index (χ3n) is 3.56. The van der Waals surface area contributed by atoms with E-state index >= 15 is 0 Å². The van der Waals surface area contributed by atoms with Crippen LogP contribution in [0.2, 0.25) is 0 Å². The van der Waals surface area contributed by atoms with E-state index in [1.165, 1.54) is 6.33 Å². The quantitative estimate of drug-likeness (QED) is 0.854. The van der Waals surface area contributed by atoms with Gasteiger partial charge in [0.1, 0.15) is 12.7 Å². The lowest BCUT2D eigenvalue weighted by atomic mass is 10.0. The van der Waals surface area contributed by atoms with Crippen molar-refractivity contribution in [1.29, 1.82) is 0 Å². The van der Waals surface area contributed by atoms with Crippen LogP contribution in [0, 0.1) is 0 Å². The third kappa shape index (κ3) is 4.76. The molecule has 1 amide bonds. The molecular weight excluding hydrogens is 278 g/mol. The minimum Gasteiger partial charge on any atom is -0.340 e. The second-order valence-electron chi connectivity index (χ2n) is 4.98. The van der Waals surface area contributed by atoms with Crippen LogP contribution in [0.4, 0.5) is 0 Å². The van der Waals surface area contributed by atoms with Crippen molar-refractivity contribution in [1.82, 2.24) is 25.0 Å². The molecule has 0 aliphatic carbocycles. The van der Waals surface area contributed by atoms with Crippen molar-refractivity contribution >= 4 is 18.3 Å². The number of aryl methyl sites for hydroxylation is 1. The largest absolute Gasteiger partial charge is 0.340 e. The zero-order valence-electron chi connectivity index (χ0n) is 12.0. The van der Waals surface area contributed by atoms with Gasteiger partial charge in [-0.3, -0.25) is 9.48 Å². The average molecular weight is 302 g/mol. The summed E-state index contributed by atoms with van der Waals surface area (Å²) in [5, 5.41) is 7.38. The van der Waals surface area contributed by atoms with Gasteiger partial charge in [0.15, 0.2) is 0 Å². The van der Waals surface area contributed by atoms with E-state index in [9.17, 15) is 4.79 Å². The first-order chi connectivity index (χ1) is 9.31. The molecule has 1 saturated heterocycles. The van der Waals surface area contributed by atoms with Crippen molar-refractivity contribution in [2.24, 2.45) is 0 Å². The van der Waals surface area contributed by atoms with Gasteiger partial charge in [0.25, 0.3) is 0 Å². The molecule has 1 aromatic heterocycles. The molecule has 1 aliphatic heterocycles. The molecular formula is C13H24ClN5O. The Morgan fingerprint density at radius 3 is 2.80 bits per heavy atom. The number of hydrogen-bond acceptors (Lipinski definition) is 4. The second-order valence-corrected chi connectivity index (χ2v) is 4.98. The number of carbonyl (C=O) groups is 1. The molecule has 0 atom stereocenters. The first-order valence-electron chi connectivity index (χ1n) is 7.14. The minimum absolute atomic E-state index is 0. The molecule has 0 aromatic carbocycles. The third-order valence-corrected chi connectivity index (χ3v) is 3.56. The van der Waals surface area contributed by atoms with Gasteiger partial charge in [-0.1, -0.05) is 6.92 Å². The summed E-state index contributed by atoms with van der Waals surface area (Å²) in [6.07, 6.45) is 6.81. The fourth-order valence-electron chi connectivity index (χ4n) is 2.57. The van der Waals surface area contributed by atoms with E-state index in [0.29, 0.717) is 19.0 Å². The van der Waals surface area contributed by atoms with Crippen LogP contribution in [0.1, 0.15) is 32.6 Å². The molecule has 6 nitrogen and oxygen atoms in total. The molecule has 20 heavy (non-hydrogen) atoms. The lowest BCUT2D eigenvalue weighted by Crippen LogP contribution is -2.46. The average Bonchev–Trinajstić information content (AvgIpc) is 2.96. The molecule has 1 fully saturated rings. The molecule has 0 bridgehead atoms. The van der Waals surface area contributed by atoms with Gasteiger partial charge in [-0.25, -0.2) is 4.98 Å². The molecule has 2 rings (SSSR count). The summed E-state index contributed by atoms with van der Waals surface area (Å²) >= 11 is 0. The fraction of sp³-hybridized carbons (Fsp3) is 0.769. The van der Waals surface area contributed by atoms with Crippen LogP contribution in [0.25, 0.3) is 0 Å². The molecule has 1 aliphatic rings. The van der Waals surface area contributed by atoms with Crippen LogP contribution in [-0.2, 0) is 11.3 Å². The highest BCUT2D eigenvalue weighted by molar-refractivity contribution is 5.85. The predicted octanol–water partition coefficient (Wildman–Crippen LogP) is 1.08. The maximum atomic E-state index is 12.4. The molecule has 0 saturated carbocycles. The molecule has 114 valence electrons. The topological polar surface area (TPSA) is 63.1 Å². The van der Waals surface area contributed by atoms with Crippen molar-refractivity contribution < 1.29 is 4.79 Å². The molecule has 2 heterocycles. The predicted molar refractivity (Wildman–Crippen MR) is 79.8 cm³/mol. The van der Waals surface area contributed by atoms with E-state index < -0.39 is 0 Å². The van der Waals surface area contributed by atoms with Crippen molar-refractivity contribution in [3.8, 4) is 0 Å². The molecule has 1 N–H and O–H groups in total. The molecule has 0 spiro atoms. The Morgan fingerprint density at radius 1 is 1.45 bits per heavy atom. The number of aromatic nitrogens is 3. The summed E-state index contributed by atoms with van der Waals surface area (Å²) in [5.74, 6) is 0.240. The van der Waals surface area contributed by atoms with E-state index in [1.54, 1.807) is 11.0 Å². The number of piperidine rings is 1. The lowest BCUT2D eigenvalue weighted by Gasteiger charge is -2.34. The normalized spacial score (nSPS) is 15.7. The van der Waals surface area contributed by atoms with Crippen molar-refractivity contribution in [2.45, 2.75) is 45.2 Å². The number of halogens is 1. The van der Waals surface area contributed by atoms with Gasteiger partial charge in [0, 0.05) is 19.0 Å².